The summed E-state index contributed by atoms with van der Waals surface area (Å²) in [5.41, 5.74) is 1.54. The zero-order valence-corrected chi connectivity index (χ0v) is 24.1. The highest BCUT2D eigenvalue weighted by molar-refractivity contribution is 5.18. The van der Waals surface area contributed by atoms with Gasteiger partial charge in [0.15, 0.2) is 0 Å². The third kappa shape index (κ3) is 3.79. The molecule has 8 unspecified atom stereocenters. The first-order chi connectivity index (χ1) is 16.0. The van der Waals surface area contributed by atoms with Gasteiger partial charge >= 0.3 is 0 Å². The maximum absolute atomic E-state index is 10.8. The quantitative estimate of drug-likeness (QED) is 0.374. The number of aliphatic hydroxyl groups excluding tert-OH is 2. The molecule has 2 N–H and O–H groups in total. The largest absolute Gasteiger partial charge is 0.396 e. The smallest absolute Gasteiger partial charge is 0.0594 e. The van der Waals surface area contributed by atoms with Gasteiger partial charge in [-0.3, -0.25) is 0 Å². The predicted molar refractivity (Wildman–Crippen MR) is 146 cm³/mol. The van der Waals surface area contributed by atoms with Gasteiger partial charge in [-0.25, -0.2) is 0 Å². The van der Waals surface area contributed by atoms with Gasteiger partial charge in [-0.2, -0.15) is 0 Å². The van der Waals surface area contributed by atoms with Crippen LogP contribution >= 0.6 is 0 Å². The molecule has 0 amide bonds. The van der Waals surface area contributed by atoms with Gasteiger partial charge in [0.25, 0.3) is 0 Å². The van der Waals surface area contributed by atoms with Gasteiger partial charge in [0.05, 0.1) is 6.10 Å². The molecule has 0 radical (unpaired) electrons. The Morgan fingerprint density at radius 1 is 0.765 bits per heavy atom. The number of hydrogen-bond acceptors (Lipinski definition) is 2. The van der Waals surface area contributed by atoms with Crippen LogP contribution < -0.4 is 0 Å². The van der Waals surface area contributed by atoms with Crippen LogP contribution in [0.25, 0.3) is 0 Å². The fraction of sp³-hybridized carbons (Fsp3) is 0.938. The van der Waals surface area contributed by atoms with Gasteiger partial charge < -0.3 is 10.2 Å². The van der Waals surface area contributed by atoms with Crippen molar-refractivity contribution in [3.8, 4) is 0 Å². The Bertz CT molecular complexity index is 714. The zero-order valence-electron chi connectivity index (χ0n) is 24.1. The van der Waals surface area contributed by atoms with Crippen molar-refractivity contribution in [2.75, 3.05) is 6.61 Å². The van der Waals surface area contributed by atoms with E-state index in [2.05, 4.69) is 41.2 Å². The molecule has 0 spiro atoms. The van der Waals surface area contributed by atoms with Gasteiger partial charge in [-0.1, -0.05) is 61.0 Å². The third-order valence-electron chi connectivity index (χ3n) is 12.8. The summed E-state index contributed by atoms with van der Waals surface area (Å²) in [7, 11) is 0. The summed E-state index contributed by atoms with van der Waals surface area (Å²) < 4.78 is 0. The van der Waals surface area contributed by atoms with Crippen LogP contribution in [-0.2, 0) is 0 Å². The Hall–Kier alpha value is -0.340. The first-order valence-electron chi connectivity index (χ1n) is 14.8. The maximum Gasteiger partial charge on any atom is 0.0594 e. The van der Waals surface area contributed by atoms with Crippen LogP contribution in [0, 0.1) is 50.7 Å². The minimum Gasteiger partial charge on any atom is -0.396 e. The van der Waals surface area contributed by atoms with Crippen molar-refractivity contribution in [1.82, 2.24) is 0 Å². The van der Waals surface area contributed by atoms with E-state index in [9.17, 15) is 10.2 Å². The Morgan fingerprint density at radius 2 is 1.41 bits per heavy atom. The standard InChI is InChI=1S/C27H46O2.C3H6.C2H6/c1-23(2)20-10-14-26(5)21(24(20,3)13-11-22(23)29)9-8-18-19-7-6-12-27(19,17-28)16-15-25(18,26)4;1-3-2;1-2/h18-22,28-29H,6-17H2,1-5H3;3H,1H2,2H3;1-2H3/t18?,19?,20?,21?,22?,24?,25-,26?,27?;;/m1../s1. The molecule has 198 valence electrons. The van der Waals surface area contributed by atoms with E-state index < -0.39 is 0 Å². The van der Waals surface area contributed by atoms with Gasteiger partial charge in [0.2, 0.25) is 0 Å². The molecule has 5 saturated carbocycles. The van der Waals surface area contributed by atoms with Crippen LogP contribution in [0.3, 0.4) is 0 Å². The van der Waals surface area contributed by atoms with E-state index >= 15 is 0 Å². The van der Waals surface area contributed by atoms with Crippen molar-refractivity contribution in [3.05, 3.63) is 12.7 Å². The minimum atomic E-state index is -0.129. The summed E-state index contributed by atoms with van der Waals surface area (Å²) in [5, 5.41) is 21.2. The van der Waals surface area contributed by atoms with E-state index in [0.29, 0.717) is 28.8 Å². The van der Waals surface area contributed by atoms with Gasteiger partial charge in [-0.05, 0) is 122 Å². The van der Waals surface area contributed by atoms with Crippen molar-refractivity contribution in [1.29, 1.82) is 0 Å². The molecule has 0 heterocycles. The van der Waals surface area contributed by atoms with Crippen molar-refractivity contribution >= 4 is 0 Å². The van der Waals surface area contributed by atoms with Crippen molar-refractivity contribution < 1.29 is 10.2 Å². The fourth-order valence-corrected chi connectivity index (χ4v) is 11.0. The van der Waals surface area contributed by atoms with E-state index in [-0.39, 0.29) is 16.9 Å². The van der Waals surface area contributed by atoms with E-state index in [1.54, 1.807) is 6.08 Å². The summed E-state index contributed by atoms with van der Waals surface area (Å²) in [6.07, 6.45) is 15.8. The molecule has 5 aliphatic rings. The molecule has 5 fully saturated rings. The molecule has 0 aromatic carbocycles. The van der Waals surface area contributed by atoms with Crippen molar-refractivity contribution in [3.63, 3.8) is 0 Å². The van der Waals surface area contributed by atoms with Gasteiger partial charge in [0.1, 0.15) is 0 Å². The minimum absolute atomic E-state index is 0.0517. The van der Waals surface area contributed by atoms with Crippen LogP contribution in [0.4, 0.5) is 0 Å². The molecule has 0 aromatic heterocycles. The summed E-state index contributed by atoms with van der Waals surface area (Å²) >= 11 is 0. The lowest BCUT2D eigenvalue weighted by atomic mass is 9.32. The molecule has 0 aromatic rings. The van der Waals surface area contributed by atoms with Gasteiger partial charge in [-0.15, -0.1) is 6.58 Å². The second-order valence-electron chi connectivity index (χ2n) is 14.0. The number of fused-ring (bicyclic) bond motifs is 7. The Kier molecular flexibility index (Phi) is 8.18. The first-order valence-corrected chi connectivity index (χ1v) is 14.8. The third-order valence-corrected chi connectivity index (χ3v) is 12.8. The average molecular weight is 475 g/mol. The van der Waals surface area contributed by atoms with E-state index in [1.807, 2.05) is 20.8 Å². The second kappa shape index (κ2) is 9.85. The lowest BCUT2D eigenvalue weighted by Gasteiger charge is -2.72. The SMILES string of the molecule is C=CC.CC.CC1(C)C(O)CCC2(C)C1CCC1(C)C2CCC2C3CCCC3(CO)CC[C@]21C. The average Bonchev–Trinajstić information content (AvgIpc) is 3.24. The molecule has 9 atom stereocenters. The topological polar surface area (TPSA) is 40.5 Å². The van der Waals surface area contributed by atoms with Crippen molar-refractivity contribution in [2.45, 2.75) is 132 Å². The normalized spacial score (nSPS) is 50.6. The number of rotatable bonds is 1. The molecular weight excluding hydrogens is 416 g/mol. The first kappa shape index (κ1) is 28.2. The maximum atomic E-state index is 10.8. The predicted octanol–water partition coefficient (Wildman–Crippen LogP) is 8.41. The molecule has 0 saturated heterocycles. The van der Waals surface area contributed by atoms with E-state index in [4.69, 9.17) is 0 Å². The van der Waals surface area contributed by atoms with Gasteiger partial charge in [0, 0.05) is 6.61 Å². The zero-order chi connectivity index (χ0) is 25.6. The fourth-order valence-electron chi connectivity index (χ4n) is 11.0. The Balaban J connectivity index is 0.000000603. The molecule has 5 aliphatic carbocycles. The van der Waals surface area contributed by atoms with E-state index in [0.717, 1.165) is 24.2 Å². The molecule has 5 rings (SSSR count). The van der Waals surface area contributed by atoms with Crippen LogP contribution in [0.2, 0.25) is 0 Å². The highest BCUT2D eigenvalue weighted by Gasteiger charge is 2.69. The second-order valence-corrected chi connectivity index (χ2v) is 14.0. The van der Waals surface area contributed by atoms with Crippen LogP contribution in [0.1, 0.15) is 126 Å². The molecule has 34 heavy (non-hydrogen) atoms. The highest BCUT2D eigenvalue weighted by atomic mass is 16.3. The Morgan fingerprint density at radius 3 is 2.03 bits per heavy atom. The van der Waals surface area contributed by atoms with E-state index in [1.165, 1.54) is 64.2 Å². The molecule has 0 bridgehead atoms. The Labute approximate surface area is 212 Å². The number of allylic oxidation sites excluding steroid dienone is 1. The highest BCUT2D eigenvalue weighted by Crippen LogP contribution is 2.76. The van der Waals surface area contributed by atoms with Crippen molar-refractivity contribution in [2.24, 2.45) is 50.7 Å². The summed E-state index contributed by atoms with van der Waals surface area (Å²) in [5.74, 6) is 3.03. The molecule has 2 nitrogen and oxygen atoms in total. The lowest BCUT2D eigenvalue weighted by molar-refractivity contribution is -0.247. The summed E-state index contributed by atoms with van der Waals surface area (Å²) in [4.78, 5) is 0. The van der Waals surface area contributed by atoms with Crippen LogP contribution in [-0.4, -0.2) is 22.9 Å². The molecule has 2 heteroatoms. The van der Waals surface area contributed by atoms with Crippen LogP contribution in [0.5, 0.6) is 0 Å². The van der Waals surface area contributed by atoms with Crippen LogP contribution in [0.15, 0.2) is 12.7 Å². The number of aliphatic hydroxyl groups is 2. The summed E-state index contributed by atoms with van der Waals surface area (Å²) in [6.45, 7) is 22.4. The molecule has 0 aliphatic heterocycles. The molecular formula is C32H58O2. The monoisotopic (exact) mass is 474 g/mol. The lowest BCUT2D eigenvalue weighted by Crippen LogP contribution is -2.66. The number of hydrogen-bond donors (Lipinski definition) is 2. The summed E-state index contributed by atoms with van der Waals surface area (Å²) in [6, 6.07) is 0.